The number of fused-ring (bicyclic) bond motifs is 1. The second-order valence-corrected chi connectivity index (χ2v) is 7.99. The number of rotatable bonds is 4. The van der Waals surface area contributed by atoms with Crippen molar-refractivity contribution in [1.29, 1.82) is 0 Å². The topological polar surface area (TPSA) is 82.5 Å². The van der Waals surface area contributed by atoms with Crippen LogP contribution in [0.15, 0.2) is 53.3 Å². The minimum absolute atomic E-state index is 0.160. The molecule has 2 aromatic carbocycles. The van der Waals surface area contributed by atoms with Crippen molar-refractivity contribution in [2.24, 2.45) is 0 Å². The van der Waals surface area contributed by atoms with Crippen molar-refractivity contribution in [3.8, 4) is 22.8 Å². The molecule has 1 amide bonds. The van der Waals surface area contributed by atoms with Gasteiger partial charge in [-0.15, -0.1) is 0 Å². The maximum Gasteiger partial charge on any atom is 0.267 e. The zero-order chi connectivity index (χ0) is 21.5. The van der Waals surface area contributed by atoms with Gasteiger partial charge in [0, 0.05) is 17.3 Å². The molecule has 9 heteroatoms. The van der Waals surface area contributed by atoms with E-state index in [0.717, 1.165) is 10.2 Å². The number of nitrogens with zero attached hydrogens (tertiary/aromatic N) is 2. The second-order valence-electron chi connectivity index (χ2n) is 7.18. The number of carbonyl (C=O) groups is 1. The van der Waals surface area contributed by atoms with E-state index >= 15 is 0 Å². The van der Waals surface area contributed by atoms with Crippen molar-refractivity contribution in [1.82, 2.24) is 9.78 Å². The van der Waals surface area contributed by atoms with E-state index in [0.29, 0.717) is 32.9 Å². The van der Waals surface area contributed by atoms with Gasteiger partial charge in [0.2, 0.25) is 6.79 Å². The lowest BCUT2D eigenvalue weighted by atomic mass is 10.0. The molecule has 0 unspecified atom stereocenters. The Balaban J connectivity index is 1.66. The van der Waals surface area contributed by atoms with Gasteiger partial charge in [0.25, 0.3) is 11.5 Å². The molecule has 2 heterocycles. The average molecular weight is 446 g/mol. The number of amides is 1. The zero-order valence-electron chi connectivity index (χ0n) is 16.1. The fourth-order valence-electron chi connectivity index (χ4n) is 2.98. The van der Waals surface area contributed by atoms with Crippen LogP contribution in [-0.4, -0.2) is 22.5 Å². The first-order valence-electron chi connectivity index (χ1n) is 9.03. The first kappa shape index (κ1) is 20.3. The second kappa shape index (κ2) is 7.66. The normalized spacial score (nSPS) is 12.7. The summed E-state index contributed by atoms with van der Waals surface area (Å²) >= 11 is 11.9. The largest absolute Gasteiger partial charge is 0.454 e. The molecule has 154 valence electrons. The van der Waals surface area contributed by atoms with Crippen molar-refractivity contribution < 1.29 is 14.3 Å². The number of carbonyl (C=O) groups excluding carboxylic acids is 1. The van der Waals surface area contributed by atoms with Gasteiger partial charge in [0.05, 0.1) is 15.7 Å². The summed E-state index contributed by atoms with van der Waals surface area (Å²) in [6.45, 7) is 3.38. The highest BCUT2D eigenvalue weighted by atomic mass is 35.5. The number of aromatic nitrogens is 2. The summed E-state index contributed by atoms with van der Waals surface area (Å²) < 4.78 is 11.9. The highest BCUT2D eigenvalue weighted by Gasteiger charge is 2.32. The van der Waals surface area contributed by atoms with Gasteiger partial charge in [-0.1, -0.05) is 23.2 Å². The van der Waals surface area contributed by atoms with Crippen LogP contribution in [0.2, 0.25) is 10.0 Å². The molecule has 0 bridgehead atoms. The molecule has 4 rings (SSSR count). The van der Waals surface area contributed by atoms with Crippen LogP contribution >= 0.6 is 23.2 Å². The van der Waals surface area contributed by atoms with Crippen molar-refractivity contribution in [2.75, 3.05) is 12.1 Å². The predicted molar refractivity (Wildman–Crippen MR) is 114 cm³/mol. The summed E-state index contributed by atoms with van der Waals surface area (Å²) in [7, 11) is 0. The first-order chi connectivity index (χ1) is 14.3. The van der Waals surface area contributed by atoms with Crippen LogP contribution in [0.1, 0.15) is 13.8 Å². The van der Waals surface area contributed by atoms with Crippen molar-refractivity contribution in [3.63, 3.8) is 0 Å². The smallest absolute Gasteiger partial charge is 0.267 e. The number of nitrogens with one attached hydrogen (secondary N) is 1. The Hall–Kier alpha value is -3.03. The average Bonchev–Trinajstić information content (AvgIpc) is 3.18. The molecule has 0 atom stereocenters. The van der Waals surface area contributed by atoms with Gasteiger partial charge in [-0.25, -0.2) is 4.68 Å². The van der Waals surface area contributed by atoms with E-state index in [9.17, 15) is 9.59 Å². The molecule has 0 saturated carbocycles. The maximum atomic E-state index is 13.0. The standard InChI is InChI=1S/C21H17Cl2N3O4/c1-21(2,20(28)24-13-4-5-14(22)15(23)10-13)26-19(27)8-6-16(25-26)12-3-7-17-18(9-12)30-11-29-17/h3-10H,11H2,1-2H3,(H,24,28). The van der Waals surface area contributed by atoms with E-state index in [1.807, 2.05) is 6.07 Å². The minimum Gasteiger partial charge on any atom is -0.454 e. The minimum atomic E-state index is -1.28. The fourth-order valence-corrected chi connectivity index (χ4v) is 3.27. The van der Waals surface area contributed by atoms with Gasteiger partial charge in [-0.3, -0.25) is 9.59 Å². The summed E-state index contributed by atoms with van der Waals surface area (Å²) in [4.78, 5) is 25.5. The molecule has 0 fully saturated rings. The molecule has 1 aliphatic rings. The summed E-state index contributed by atoms with van der Waals surface area (Å²) in [6.07, 6.45) is 0. The molecule has 30 heavy (non-hydrogen) atoms. The summed E-state index contributed by atoms with van der Waals surface area (Å²) in [5, 5.41) is 7.88. The lowest BCUT2D eigenvalue weighted by molar-refractivity contribution is -0.123. The van der Waals surface area contributed by atoms with E-state index < -0.39 is 17.0 Å². The Kier molecular flexibility index (Phi) is 5.17. The molecular weight excluding hydrogens is 429 g/mol. The quantitative estimate of drug-likeness (QED) is 0.646. The maximum absolute atomic E-state index is 13.0. The highest BCUT2D eigenvalue weighted by Crippen LogP contribution is 2.35. The summed E-state index contributed by atoms with van der Waals surface area (Å²) in [6, 6.07) is 13.1. The van der Waals surface area contributed by atoms with E-state index in [1.54, 1.807) is 44.2 Å². The lowest BCUT2D eigenvalue weighted by Crippen LogP contribution is -2.47. The molecule has 1 N–H and O–H groups in total. The van der Waals surface area contributed by atoms with E-state index in [2.05, 4.69) is 10.4 Å². The Morgan fingerprint density at radius 2 is 1.80 bits per heavy atom. The molecule has 0 saturated heterocycles. The number of halogens is 2. The first-order valence-corrected chi connectivity index (χ1v) is 9.79. The summed E-state index contributed by atoms with van der Waals surface area (Å²) in [5.41, 5.74) is 0.0171. The third-order valence-electron chi connectivity index (χ3n) is 4.73. The van der Waals surface area contributed by atoms with Crippen LogP contribution < -0.4 is 20.3 Å². The molecule has 0 spiro atoms. The Labute approximate surface area is 182 Å². The number of anilines is 1. The molecule has 0 aliphatic carbocycles. The van der Waals surface area contributed by atoms with Crippen molar-refractivity contribution >= 4 is 34.8 Å². The third kappa shape index (κ3) is 3.74. The molecular formula is C21H17Cl2N3O4. The highest BCUT2D eigenvalue weighted by molar-refractivity contribution is 6.42. The van der Waals surface area contributed by atoms with Crippen molar-refractivity contribution in [3.05, 3.63) is 68.9 Å². The number of ether oxygens (including phenoxy) is 2. The van der Waals surface area contributed by atoms with Gasteiger partial charge in [0.15, 0.2) is 11.5 Å². The molecule has 1 aromatic heterocycles. The van der Waals surface area contributed by atoms with Gasteiger partial charge >= 0.3 is 0 Å². The Morgan fingerprint density at radius 3 is 2.57 bits per heavy atom. The summed E-state index contributed by atoms with van der Waals surface area (Å²) in [5.74, 6) is 0.815. The molecule has 1 aliphatic heterocycles. The predicted octanol–water partition coefficient (Wildman–Crippen LogP) is 4.32. The van der Waals surface area contributed by atoms with Crippen LogP contribution in [0.3, 0.4) is 0 Å². The third-order valence-corrected chi connectivity index (χ3v) is 5.47. The lowest BCUT2D eigenvalue weighted by Gasteiger charge is -2.25. The number of benzene rings is 2. The fraction of sp³-hybridized carbons (Fsp3) is 0.190. The van der Waals surface area contributed by atoms with Crippen molar-refractivity contribution in [2.45, 2.75) is 19.4 Å². The number of hydrogen-bond donors (Lipinski definition) is 1. The van der Waals surface area contributed by atoms with E-state index in [1.165, 1.54) is 12.1 Å². The van der Waals surface area contributed by atoms with E-state index in [4.69, 9.17) is 32.7 Å². The zero-order valence-corrected chi connectivity index (χ0v) is 17.6. The van der Waals surface area contributed by atoms with Crippen LogP contribution in [0.4, 0.5) is 5.69 Å². The van der Waals surface area contributed by atoms with Gasteiger partial charge in [-0.2, -0.15) is 5.10 Å². The molecule has 3 aromatic rings. The molecule has 7 nitrogen and oxygen atoms in total. The van der Waals surface area contributed by atoms with Crippen LogP contribution in [0, 0.1) is 0 Å². The monoisotopic (exact) mass is 445 g/mol. The Morgan fingerprint density at radius 1 is 1.03 bits per heavy atom. The van der Waals surface area contributed by atoms with Crippen LogP contribution in [0.5, 0.6) is 11.5 Å². The number of hydrogen-bond acceptors (Lipinski definition) is 5. The van der Waals surface area contributed by atoms with Gasteiger partial charge in [-0.05, 0) is 56.3 Å². The SMILES string of the molecule is CC(C)(C(=O)Nc1ccc(Cl)c(Cl)c1)n1nc(-c2ccc3c(c2)OCO3)ccc1=O. The van der Waals surface area contributed by atoms with Gasteiger partial charge < -0.3 is 14.8 Å². The van der Waals surface area contributed by atoms with E-state index in [-0.39, 0.29) is 6.79 Å². The molecule has 0 radical (unpaired) electrons. The van der Waals surface area contributed by atoms with Gasteiger partial charge in [0.1, 0.15) is 5.54 Å². The van der Waals surface area contributed by atoms with Crippen LogP contribution in [0.25, 0.3) is 11.3 Å². The Bertz CT molecular complexity index is 1210. The van der Waals surface area contributed by atoms with Crippen LogP contribution in [-0.2, 0) is 10.3 Å².